The van der Waals surface area contributed by atoms with Crippen LogP contribution < -0.4 is 22.2 Å². The monoisotopic (exact) mass is 1100 g/mol. The van der Waals surface area contributed by atoms with Gasteiger partial charge in [0.05, 0.1) is 45.4 Å². The van der Waals surface area contributed by atoms with Crippen LogP contribution in [-0.2, 0) is 50.9 Å². The van der Waals surface area contributed by atoms with Crippen LogP contribution in [0, 0.1) is 34.5 Å². The zero-order chi connectivity index (χ0) is 53.4. The van der Waals surface area contributed by atoms with Crippen LogP contribution in [0.25, 0.3) is 0 Å². The maximum absolute atomic E-state index is 15.0. The van der Waals surface area contributed by atoms with E-state index in [2.05, 4.69) is 43.4 Å². The van der Waals surface area contributed by atoms with Gasteiger partial charge in [-0.2, -0.15) is 0 Å². The highest BCUT2D eigenvalue weighted by molar-refractivity contribution is 7.46. The van der Waals surface area contributed by atoms with Crippen molar-refractivity contribution in [3.05, 3.63) is 89.0 Å². The molecule has 1 aliphatic heterocycles. The summed E-state index contributed by atoms with van der Waals surface area (Å²) >= 11 is 0. The number of fused-ring (bicyclic) bond motifs is 7. The lowest BCUT2D eigenvalue weighted by Crippen LogP contribution is -3.00. The standard InChI is InChI=1S/C59H85N2O13P.ClH/c1-57-29-28-46(62)35-45(57)25-26-47-48-36-53-59(58(48,2)37-49(63)55(47)57,73-56(72-53)42-21-11-8-12-22-42)52(65)40-71-54(66)23-17-31-61(3,4)39-44-34-43(24-27-51(44)74-75(67,68)69)50(64)38-60-30-14-5-6-15-32-70-33-16-13-20-41-18-9-7-10-19-41;/h7,9-10,18-19,24,27-29,34-35,42,47-50,53,55-56,60,63-64H,5-6,8,11-17,20-23,25-26,30-33,36-40H2,1-4H3,(H-,67,68,69);1H/t47-,48-,49-,50?,53+,55+,56+,57-,58-,59+;/m0./s1. The van der Waals surface area contributed by atoms with Gasteiger partial charge in [0.2, 0.25) is 5.78 Å². The van der Waals surface area contributed by atoms with Gasteiger partial charge in [-0.05, 0) is 124 Å². The van der Waals surface area contributed by atoms with E-state index >= 15 is 0 Å². The predicted molar refractivity (Wildman–Crippen MR) is 284 cm³/mol. The second-order valence-corrected chi connectivity index (χ2v) is 25.0. The number of aliphatic hydroxyl groups excluding tert-OH is 2. The SMILES string of the molecule is C[C@]12C=CC(=O)C=C1CC[C@@H]1[C@@H]2[C@@H](O)C[C@@]2(C)[C@H]1C[C@H]1O[C@@H](C3CCCCC3)O[C@]12C(=O)COC(=O)CCC[N+](C)(C)Cc1cc(C(O)CNCCCCCCOCCCCc2ccccc2)ccc1OP(=O)(O)O.[Cl-]. The Labute approximate surface area is 457 Å². The molecule has 10 atom stereocenters. The molecule has 0 aromatic heterocycles. The van der Waals surface area contributed by atoms with Crippen molar-refractivity contribution < 1.29 is 79.3 Å². The first-order valence-corrected chi connectivity index (χ1v) is 29.7. The maximum atomic E-state index is 15.0. The molecule has 4 saturated carbocycles. The van der Waals surface area contributed by atoms with Crippen molar-refractivity contribution in [2.24, 2.45) is 34.5 Å². The molecular formula is C59H86ClN2O13P. The summed E-state index contributed by atoms with van der Waals surface area (Å²) in [6.45, 7) is 7.07. The molecule has 2 aromatic carbocycles. The average molecular weight is 1100 g/mol. The van der Waals surface area contributed by atoms with Crippen molar-refractivity contribution in [3.8, 4) is 5.75 Å². The lowest BCUT2D eigenvalue weighted by molar-refractivity contribution is -0.903. The summed E-state index contributed by atoms with van der Waals surface area (Å²) in [5.41, 5.74) is 0.847. The zero-order valence-electron chi connectivity index (χ0n) is 45.4. The van der Waals surface area contributed by atoms with Crippen LogP contribution in [0.2, 0.25) is 0 Å². The van der Waals surface area contributed by atoms with Gasteiger partial charge in [-0.15, -0.1) is 0 Å². The van der Waals surface area contributed by atoms with Crippen molar-refractivity contribution in [3.63, 3.8) is 0 Å². The average Bonchev–Trinajstić information content (AvgIpc) is 4.12. The molecule has 1 saturated heterocycles. The van der Waals surface area contributed by atoms with Crippen molar-refractivity contribution in [2.75, 3.05) is 53.6 Å². The number of carbonyl (C=O) groups is 3. The second-order valence-electron chi connectivity index (χ2n) is 23.8. The minimum absolute atomic E-state index is 0. The van der Waals surface area contributed by atoms with E-state index in [9.17, 15) is 38.9 Å². The quantitative estimate of drug-likeness (QED) is 0.0310. The van der Waals surface area contributed by atoms with Gasteiger partial charge in [0.15, 0.2) is 24.3 Å². The summed E-state index contributed by atoms with van der Waals surface area (Å²) < 4.78 is 43.0. The molecule has 0 bridgehead atoms. The summed E-state index contributed by atoms with van der Waals surface area (Å²) in [5, 5.41) is 26.7. The number of rotatable bonds is 27. The van der Waals surface area contributed by atoms with Gasteiger partial charge in [0.1, 0.15) is 12.3 Å². The number of benzene rings is 2. The number of hydrogen-bond donors (Lipinski definition) is 5. The smallest absolute Gasteiger partial charge is 0.524 e. The van der Waals surface area contributed by atoms with E-state index in [1.165, 1.54) is 11.6 Å². The third-order valence-electron chi connectivity index (χ3n) is 18.1. The van der Waals surface area contributed by atoms with Crippen molar-refractivity contribution >= 4 is 25.4 Å². The molecule has 5 N–H and O–H groups in total. The topological polar surface area (TPSA) is 207 Å². The van der Waals surface area contributed by atoms with Gasteiger partial charge in [-0.1, -0.05) is 94.0 Å². The summed E-state index contributed by atoms with van der Waals surface area (Å²) in [4.78, 5) is 60.4. The number of aryl methyl sites for hydroxylation is 1. The number of phosphoric acid groups is 1. The fourth-order valence-corrected chi connectivity index (χ4v) is 14.8. The number of ether oxygens (including phenoxy) is 4. The second kappa shape index (κ2) is 26.3. The summed E-state index contributed by atoms with van der Waals surface area (Å²) in [6.07, 6.45) is 18.0. The van der Waals surface area contributed by atoms with Crippen LogP contribution in [0.15, 0.2) is 72.3 Å². The minimum Gasteiger partial charge on any atom is -1.00 e. The highest BCUT2D eigenvalue weighted by atomic mass is 35.5. The number of phosphoric ester groups is 1. The Balaban J connectivity index is 0.00000840. The van der Waals surface area contributed by atoms with Gasteiger partial charge < -0.3 is 55.9 Å². The van der Waals surface area contributed by atoms with E-state index in [-0.39, 0.29) is 66.4 Å². The normalized spacial score (nSPS) is 29.6. The number of esters is 1. The highest BCUT2D eigenvalue weighted by Gasteiger charge is 2.76. The Morgan fingerprint density at radius 3 is 2.43 bits per heavy atom. The van der Waals surface area contributed by atoms with E-state index in [0.717, 1.165) is 115 Å². The Morgan fingerprint density at radius 1 is 0.947 bits per heavy atom. The Bertz CT molecular complexity index is 2390. The molecular weight excluding hydrogens is 1010 g/mol. The fraction of sp³-hybridized carbons (Fsp3) is 0.678. The summed E-state index contributed by atoms with van der Waals surface area (Å²) in [6, 6.07) is 15.3. The molecule has 1 heterocycles. The lowest BCUT2D eigenvalue weighted by Gasteiger charge is -2.59. The van der Waals surface area contributed by atoms with Gasteiger partial charge in [0.25, 0.3) is 0 Å². The molecule has 0 radical (unpaired) electrons. The Hall–Kier alpha value is -3.31. The fourth-order valence-electron chi connectivity index (χ4n) is 14.3. The van der Waals surface area contributed by atoms with Crippen molar-refractivity contribution in [2.45, 2.75) is 166 Å². The zero-order valence-corrected chi connectivity index (χ0v) is 47.0. The van der Waals surface area contributed by atoms with Crippen LogP contribution >= 0.6 is 7.82 Å². The molecule has 5 aliphatic carbocycles. The van der Waals surface area contributed by atoms with Gasteiger partial charge in [-0.3, -0.25) is 24.2 Å². The molecule has 422 valence electrons. The minimum atomic E-state index is -4.90. The first kappa shape index (κ1) is 60.3. The Kier molecular flexibility index (Phi) is 20.9. The molecule has 17 heteroatoms. The number of carbonyl (C=O) groups excluding carboxylic acids is 3. The van der Waals surface area contributed by atoms with E-state index < -0.39 is 61.4 Å². The highest BCUT2D eigenvalue weighted by Crippen LogP contribution is 2.70. The van der Waals surface area contributed by atoms with Crippen molar-refractivity contribution in [1.29, 1.82) is 0 Å². The van der Waals surface area contributed by atoms with Gasteiger partial charge in [-0.25, -0.2) is 4.57 Å². The number of unbranched alkanes of at least 4 members (excludes halogenated alkanes) is 4. The number of nitrogens with one attached hydrogen (secondary N) is 1. The number of aliphatic hydroxyl groups is 2. The van der Waals surface area contributed by atoms with Gasteiger partial charge in [0, 0.05) is 54.4 Å². The largest absolute Gasteiger partial charge is 1.00 e. The molecule has 76 heavy (non-hydrogen) atoms. The maximum Gasteiger partial charge on any atom is 0.524 e. The van der Waals surface area contributed by atoms with Crippen LogP contribution in [0.4, 0.5) is 0 Å². The third-order valence-corrected chi connectivity index (χ3v) is 18.5. The molecule has 6 aliphatic rings. The first-order chi connectivity index (χ1) is 35.8. The summed E-state index contributed by atoms with van der Waals surface area (Å²) in [5.74, 6) is -0.771. The van der Waals surface area contributed by atoms with Gasteiger partial charge >= 0.3 is 13.8 Å². The number of nitrogens with zero attached hydrogens (tertiary/aromatic N) is 1. The van der Waals surface area contributed by atoms with Crippen LogP contribution in [0.5, 0.6) is 5.75 Å². The molecule has 15 nitrogen and oxygen atoms in total. The number of Topliss-reactive ketones (excluding diaryl/α,β-unsaturated/α-hetero) is 1. The van der Waals surface area contributed by atoms with Crippen molar-refractivity contribution in [1.82, 2.24) is 5.32 Å². The number of quaternary nitrogens is 1. The molecule has 0 spiro atoms. The summed E-state index contributed by atoms with van der Waals surface area (Å²) in [7, 11) is -1.03. The molecule has 0 amide bonds. The van der Waals surface area contributed by atoms with E-state index in [4.69, 9.17) is 23.5 Å². The molecule has 5 fully saturated rings. The first-order valence-electron chi connectivity index (χ1n) is 28.2. The van der Waals surface area contributed by atoms with E-state index in [1.54, 1.807) is 24.3 Å². The van der Waals surface area contributed by atoms with Crippen LogP contribution in [0.1, 0.15) is 146 Å². The predicted octanol–water partition coefficient (Wildman–Crippen LogP) is 5.80. The van der Waals surface area contributed by atoms with Crippen LogP contribution in [0.3, 0.4) is 0 Å². The van der Waals surface area contributed by atoms with Crippen LogP contribution in [-0.4, -0.2) is 120 Å². The molecule has 1 unspecified atom stereocenters. The number of halogens is 1. The number of ketones is 2. The van der Waals surface area contributed by atoms with E-state index in [1.807, 2.05) is 26.2 Å². The Morgan fingerprint density at radius 2 is 1.68 bits per heavy atom. The third kappa shape index (κ3) is 14.2. The lowest BCUT2D eigenvalue weighted by atomic mass is 9.46. The molecule has 8 rings (SSSR count). The van der Waals surface area contributed by atoms with E-state index in [0.29, 0.717) is 48.0 Å². The molecule has 2 aromatic rings. The number of hydrogen-bond acceptors (Lipinski definition) is 12. The number of allylic oxidation sites excluding steroid dienone is 4.